The van der Waals surface area contributed by atoms with E-state index in [9.17, 15) is 24.0 Å². The molecular formula is C38H40N2O6. The first-order chi connectivity index (χ1) is 22.3. The molecule has 1 saturated carbocycles. The summed E-state index contributed by atoms with van der Waals surface area (Å²) in [6, 6.07) is 25.3. The second-order valence-electron chi connectivity index (χ2n) is 12.4. The van der Waals surface area contributed by atoms with E-state index in [2.05, 4.69) is 10.3 Å². The maximum absolute atomic E-state index is 14.0. The molecule has 2 N–H and O–H groups in total. The molecular weight excluding hydrogens is 580 g/mol. The number of H-pyrrole nitrogens is 1. The third-order valence-electron chi connectivity index (χ3n) is 8.56. The number of Topliss-reactive ketones (excluding diaryl/α,β-unsaturated/α-hetero) is 3. The zero-order valence-electron chi connectivity index (χ0n) is 26.1. The molecule has 1 heterocycles. The number of carbonyl (C=O) groups is 5. The average molecular weight is 621 g/mol. The number of nitrogens with one attached hydrogen (secondary N) is 2. The van der Waals surface area contributed by atoms with E-state index in [1.54, 1.807) is 6.92 Å². The molecule has 0 saturated heterocycles. The molecule has 0 unspecified atom stereocenters. The van der Waals surface area contributed by atoms with Crippen molar-refractivity contribution in [2.45, 2.75) is 64.5 Å². The van der Waals surface area contributed by atoms with Crippen LogP contribution in [-0.2, 0) is 48.2 Å². The van der Waals surface area contributed by atoms with Crippen LogP contribution in [0.3, 0.4) is 0 Å². The number of amides is 1. The second kappa shape index (κ2) is 15.4. The van der Waals surface area contributed by atoms with E-state index in [-0.39, 0.29) is 50.4 Å². The van der Waals surface area contributed by atoms with Gasteiger partial charge in [-0.1, -0.05) is 85.8 Å². The van der Waals surface area contributed by atoms with E-state index < -0.39 is 41.3 Å². The van der Waals surface area contributed by atoms with Crippen molar-refractivity contribution in [3.05, 3.63) is 108 Å². The standard InChI is InChI=1S/C38H40N2O6/c1-25(18-36(43)46-24-28-12-6-3-7-13-28)38(45)40-33(21-30-23-39-32-15-9-8-14-31(30)32)34(41)22-29(19-26-10-4-2-5-11-26)37(44)35(42)20-27-16-17-27/h2-15,23,25,27,29,33,39H,16-22,24H2,1H3,(H,40,45)/t25-,29-,33+/m1/s1. The molecule has 4 aromatic rings. The Hall–Kier alpha value is -4.85. The molecule has 8 heteroatoms. The van der Waals surface area contributed by atoms with E-state index in [4.69, 9.17) is 4.74 Å². The number of para-hydroxylation sites is 1. The summed E-state index contributed by atoms with van der Waals surface area (Å²) < 4.78 is 5.37. The molecule has 3 aromatic carbocycles. The highest BCUT2D eigenvalue weighted by molar-refractivity contribution is 6.38. The summed E-state index contributed by atoms with van der Waals surface area (Å²) in [6.07, 6.45) is 4.00. The first-order valence-electron chi connectivity index (χ1n) is 16.0. The van der Waals surface area contributed by atoms with Crippen LogP contribution in [0.15, 0.2) is 91.1 Å². The number of rotatable bonds is 17. The van der Waals surface area contributed by atoms with Crippen molar-refractivity contribution in [1.82, 2.24) is 10.3 Å². The Morgan fingerprint density at radius 3 is 2.17 bits per heavy atom. The molecule has 1 aliphatic carbocycles. The van der Waals surface area contributed by atoms with Gasteiger partial charge in [0.05, 0.1) is 12.5 Å². The number of ketones is 3. The maximum Gasteiger partial charge on any atom is 0.306 e. The number of esters is 1. The Kier molecular flexibility index (Phi) is 10.9. The Morgan fingerprint density at radius 2 is 1.48 bits per heavy atom. The molecule has 1 aromatic heterocycles. The number of benzene rings is 3. The number of carbonyl (C=O) groups excluding carboxylic acids is 5. The molecule has 5 rings (SSSR count). The van der Waals surface area contributed by atoms with Crippen LogP contribution in [0.25, 0.3) is 10.9 Å². The van der Waals surface area contributed by atoms with Crippen molar-refractivity contribution in [1.29, 1.82) is 0 Å². The minimum absolute atomic E-state index is 0.103. The van der Waals surface area contributed by atoms with Gasteiger partial charge in [0, 0.05) is 48.2 Å². The molecule has 46 heavy (non-hydrogen) atoms. The van der Waals surface area contributed by atoms with Crippen molar-refractivity contribution >= 4 is 40.1 Å². The van der Waals surface area contributed by atoms with Gasteiger partial charge in [0.25, 0.3) is 0 Å². The van der Waals surface area contributed by atoms with Crippen LogP contribution < -0.4 is 5.32 Å². The molecule has 1 amide bonds. The Balaban J connectivity index is 1.31. The van der Waals surface area contributed by atoms with Crippen LogP contribution in [0.4, 0.5) is 0 Å². The number of hydrogen-bond donors (Lipinski definition) is 2. The van der Waals surface area contributed by atoms with Crippen LogP contribution >= 0.6 is 0 Å². The van der Waals surface area contributed by atoms with Gasteiger partial charge in [0.1, 0.15) is 6.61 Å². The average Bonchev–Trinajstić information content (AvgIpc) is 3.80. The topological polar surface area (TPSA) is 122 Å². The third-order valence-corrected chi connectivity index (χ3v) is 8.56. The number of aromatic nitrogens is 1. The van der Waals surface area contributed by atoms with Crippen molar-refractivity contribution in [3.8, 4) is 0 Å². The van der Waals surface area contributed by atoms with Crippen LogP contribution in [0, 0.1) is 17.8 Å². The van der Waals surface area contributed by atoms with E-state index in [0.717, 1.165) is 40.4 Å². The van der Waals surface area contributed by atoms with Gasteiger partial charge >= 0.3 is 5.97 Å². The maximum atomic E-state index is 14.0. The fourth-order valence-electron chi connectivity index (χ4n) is 5.67. The lowest BCUT2D eigenvalue weighted by atomic mass is 9.85. The third kappa shape index (κ3) is 9.10. The Labute approximate surface area is 268 Å². The van der Waals surface area contributed by atoms with Gasteiger partial charge in [-0.25, -0.2) is 0 Å². The van der Waals surface area contributed by atoms with Crippen LogP contribution in [0.1, 0.15) is 55.7 Å². The predicted octanol–water partition coefficient (Wildman–Crippen LogP) is 5.72. The number of aromatic amines is 1. The summed E-state index contributed by atoms with van der Waals surface area (Å²) in [6.45, 7) is 1.72. The molecule has 1 aliphatic rings. The van der Waals surface area contributed by atoms with Gasteiger partial charge in [0.2, 0.25) is 11.7 Å². The number of ether oxygens (including phenoxy) is 1. The first kappa shape index (κ1) is 32.5. The molecule has 3 atom stereocenters. The van der Waals surface area contributed by atoms with Crippen LogP contribution in [-0.4, -0.2) is 40.3 Å². The highest BCUT2D eigenvalue weighted by atomic mass is 16.5. The molecule has 238 valence electrons. The second-order valence-corrected chi connectivity index (χ2v) is 12.4. The smallest absolute Gasteiger partial charge is 0.306 e. The fraction of sp³-hybridized carbons (Fsp3) is 0.342. The van der Waals surface area contributed by atoms with Crippen molar-refractivity contribution in [2.24, 2.45) is 17.8 Å². The molecule has 1 fully saturated rings. The highest BCUT2D eigenvalue weighted by Crippen LogP contribution is 2.33. The highest BCUT2D eigenvalue weighted by Gasteiger charge is 2.34. The van der Waals surface area contributed by atoms with E-state index in [1.807, 2.05) is 91.1 Å². The number of fused-ring (bicyclic) bond motifs is 1. The Bertz CT molecular complexity index is 1680. The van der Waals surface area contributed by atoms with Crippen molar-refractivity contribution < 1.29 is 28.7 Å². The SMILES string of the molecule is C[C@H](CC(=O)OCc1ccccc1)C(=O)N[C@@H](Cc1c[nH]c2ccccc12)C(=O)C[C@@H](Cc1ccccc1)C(=O)C(=O)CC1CC1. The lowest BCUT2D eigenvalue weighted by Gasteiger charge is -2.22. The van der Waals surface area contributed by atoms with Gasteiger partial charge in [-0.3, -0.25) is 24.0 Å². The lowest BCUT2D eigenvalue weighted by Crippen LogP contribution is -2.46. The van der Waals surface area contributed by atoms with Crippen molar-refractivity contribution in [3.63, 3.8) is 0 Å². The van der Waals surface area contributed by atoms with E-state index >= 15 is 0 Å². The molecule has 0 aliphatic heterocycles. The van der Waals surface area contributed by atoms with E-state index in [0.29, 0.717) is 0 Å². The molecule has 8 nitrogen and oxygen atoms in total. The largest absolute Gasteiger partial charge is 0.461 e. The van der Waals surface area contributed by atoms with E-state index in [1.165, 1.54) is 0 Å². The lowest BCUT2D eigenvalue weighted by molar-refractivity contribution is -0.148. The summed E-state index contributed by atoms with van der Waals surface area (Å²) in [5.74, 6) is -3.64. The molecule has 0 bridgehead atoms. The molecule has 0 spiro atoms. The minimum atomic E-state index is -0.973. The minimum Gasteiger partial charge on any atom is -0.461 e. The fourth-order valence-corrected chi connectivity index (χ4v) is 5.67. The summed E-state index contributed by atoms with van der Waals surface area (Å²) >= 11 is 0. The first-order valence-corrected chi connectivity index (χ1v) is 16.0. The number of hydrogen-bond acceptors (Lipinski definition) is 6. The summed E-state index contributed by atoms with van der Waals surface area (Å²) in [7, 11) is 0. The zero-order chi connectivity index (χ0) is 32.5. The van der Waals surface area contributed by atoms with Gasteiger partial charge in [-0.2, -0.15) is 0 Å². The van der Waals surface area contributed by atoms with Gasteiger partial charge < -0.3 is 15.0 Å². The van der Waals surface area contributed by atoms with Crippen molar-refractivity contribution in [2.75, 3.05) is 0 Å². The van der Waals surface area contributed by atoms with Gasteiger partial charge in [0.15, 0.2) is 11.6 Å². The predicted molar refractivity (Wildman–Crippen MR) is 175 cm³/mol. The van der Waals surface area contributed by atoms with Gasteiger partial charge in [-0.05, 0) is 47.9 Å². The molecule has 0 radical (unpaired) electrons. The quantitative estimate of drug-likeness (QED) is 0.115. The van der Waals surface area contributed by atoms with Crippen LogP contribution in [0.5, 0.6) is 0 Å². The van der Waals surface area contributed by atoms with Crippen LogP contribution in [0.2, 0.25) is 0 Å². The summed E-state index contributed by atoms with van der Waals surface area (Å²) in [5.41, 5.74) is 3.42. The van der Waals surface area contributed by atoms with Gasteiger partial charge in [-0.15, -0.1) is 0 Å². The Morgan fingerprint density at radius 1 is 0.826 bits per heavy atom. The summed E-state index contributed by atoms with van der Waals surface area (Å²) in [4.78, 5) is 69.5. The normalized spacial score (nSPS) is 14.6. The zero-order valence-corrected chi connectivity index (χ0v) is 26.1. The summed E-state index contributed by atoms with van der Waals surface area (Å²) in [5, 5.41) is 3.79. The monoisotopic (exact) mass is 620 g/mol.